The van der Waals surface area contributed by atoms with Gasteiger partial charge in [0.05, 0.1) is 0 Å². The molecule has 0 spiro atoms. The highest BCUT2D eigenvalue weighted by molar-refractivity contribution is 5.64. The van der Waals surface area contributed by atoms with Gasteiger partial charge in [-0.3, -0.25) is 14.9 Å². The van der Waals surface area contributed by atoms with E-state index in [2.05, 4.69) is 15.1 Å². The number of hydrogen-bond donors (Lipinski definition) is 2. The van der Waals surface area contributed by atoms with Crippen LogP contribution in [0.5, 0.6) is 0 Å². The van der Waals surface area contributed by atoms with Gasteiger partial charge < -0.3 is 0 Å². The Kier molecular flexibility index (Phi) is 10.7. The van der Waals surface area contributed by atoms with Crippen LogP contribution in [0.25, 0.3) is 0 Å². The molecule has 0 aliphatic carbocycles. The molecule has 0 saturated heterocycles. The van der Waals surface area contributed by atoms with Crippen LogP contribution in [0.2, 0.25) is 0 Å². The van der Waals surface area contributed by atoms with E-state index in [1.165, 1.54) is 0 Å². The van der Waals surface area contributed by atoms with Crippen molar-refractivity contribution in [2.45, 2.75) is 24.2 Å². The zero-order valence-electron chi connectivity index (χ0n) is 22.7. The minimum absolute atomic E-state index is 0.295. The summed E-state index contributed by atoms with van der Waals surface area (Å²) in [6, 6.07) is 38.4. The molecule has 0 aromatic heterocycles. The van der Waals surface area contributed by atoms with E-state index >= 15 is 0 Å². The van der Waals surface area contributed by atoms with Gasteiger partial charge in [-0.15, -0.1) is 0 Å². The molecule has 4 aromatic carbocycles. The van der Waals surface area contributed by atoms with Crippen molar-refractivity contribution in [3.05, 3.63) is 144 Å². The third kappa shape index (κ3) is 7.71. The Labute approximate surface area is 236 Å². The second-order valence-electron chi connectivity index (χ2n) is 9.56. The maximum absolute atomic E-state index is 7.91. The van der Waals surface area contributed by atoms with Crippen molar-refractivity contribution in [3.63, 3.8) is 0 Å². The summed E-state index contributed by atoms with van der Waals surface area (Å²) >= 11 is 0. The molecule has 0 amide bonds. The predicted molar refractivity (Wildman–Crippen MR) is 162 cm³/mol. The highest BCUT2D eigenvalue weighted by atomic mass is 15.1. The molecule has 2 N–H and O–H groups in total. The Morgan fingerprint density at radius 3 is 1.05 bits per heavy atom. The first kappa shape index (κ1) is 28.4. The maximum atomic E-state index is 7.91. The zero-order valence-corrected chi connectivity index (χ0v) is 22.7. The highest BCUT2D eigenvalue weighted by Gasteiger charge is 2.24. The molecular weight excluding hydrogens is 494 g/mol. The van der Waals surface area contributed by atoms with Crippen LogP contribution >= 0.6 is 0 Å². The van der Waals surface area contributed by atoms with Crippen molar-refractivity contribution in [2.75, 3.05) is 20.1 Å². The fourth-order valence-electron chi connectivity index (χ4n) is 4.63. The van der Waals surface area contributed by atoms with Gasteiger partial charge in [-0.25, -0.2) is 11.1 Å². The molecule has 0 aliphatic heterocycles. The molecule has 40 heavy (non-hydrogen) atoms. The molecule has 0 heterocycles. The third-order valence-corrected chi connectivity index (χ3v) is 6.76. The first-order valence-electron chi connectivity index (χ1n) is 13.4. The summed E-state index contributed by atoms with van der Waals surface area (Å²) in [5, 5.41) is 7.91. The number of nitrogens with zero attached hydrogens (tertiary/aromatic N) is 5. The van der Waals surface area contributed by atoms with E-state index < -0.39 is 12.1 Å². The smallest absolute Gasteiger partial charge is 0.122 e. The average Bonchev–Trinajstić information content (AvgIpc) is 3.02. The molecule has 4 atom stereocenters. The summed E-state index contributed by atoms with van der Waals surface area (Å²) in [4.78, 5) is 11.9. The van der Waals surface area contributed by atoms with Gasteiger partial charge in [0.2, 0.25) is 0 Å². The number of hydrogen-bond acceptors (Lipinski definition) is 7. The van der Waals surface area contributed by atoms with E-state index in [0.29, 0.717) is 13.1 Å². The average molecular weight is 530 g/mol. The van der Waals surface area contributed by atoms with E-state index in [1.807, 2.05) is 141 Å². The van der Waals surface area contributed by atoms with Gasteiger partial charge in [0, 0.05) is 25.5 Å². The second-order valence-corrected chi connectivity index (χ2v) is 9.56. The Morgan fingerprint density at radius 1 is 0.500 bits per heavy atom. The molecule has 4 unspecified atom stereocenters. The van der Waals surface area contributed by atoms with Crippen LogP contribution in [0, 0.1) is 11.1 Å². The molecular formula is C33H35N7. The third-order valence-electron chi connectivity index (χ3n) is 6.76. The van der Waals surface area contributed by atoms with Gasteiger partial charge in [-0.05, 0) is 29.3 Å². The fourth-order valence-corrected chi connectivity index (χ4v) is 4.63. The maximum Gasteiger partial charge on any atom is 0.122 e. The minimum atomic E-state index is -0.401. The molecule has 0 radical (unpaired) electrons. The van der Waals surface area contributed by atoms with E-state index in [9.17, 15) is 0 Å². The van der Waals surface area contributed by atoms with Crippen LogP contribution in [-0.4, -0.2) is 37.5 Å². The Morgan fingerprint density at radius 2 is 0.775 bits per heavy atom. The molecule has 0 fully saturated rings. The standard InChI is InChI=1S/C33H35N7/c1-40(24-22-36-30(26-14-6-2-7-15-26)32(38-34)28-18-10-4-11-19-28)25-23-37-31(27-16-8-3-9-17-27)33(39-35)29-20-12-5-13-21-29/h2-23,30-35H,24-25H2,1H3. The van der Waals surface area contributed by atoms with Crippen LogP contribution in [-0.2, 0) is 0 Å². The quantitative estimate of drug-likeness (QED) is 0.125. The largest absolute Gasteiger partial charge is 0.296 e. The summed E-state index contributed by atoms with van der Waals surface area (Å²) in [5.74, 6) is 0. The van der Waals surface area contributed by atoms with Gasteiger partial charge in [0.1, 0.15) is 24.2 Å². The van der Waals surface area contributed by atoms with Gasteiger partial charge >= 0.3 is 0 Å². The zero-order chi connectivity index (χ0) is 28.0. The predicted octanol–water partition coefficient (Wildman–Crippen LogP) is 8.09. The molecule has 202 valence electrons. The molecule has 4 aromatic rings. The Hall–Kier alpha value is -4.62. The van der Waals surface area contributed by atoms with Crippen LogP contribution in [0.3, 0.4) is 0 Å². The monoisotopic (exact) mass is 529 g/mol. The topological polar surface area (TPSA) is 100 Å². The first-order chi connectivity index (χ1) is 19.7. The lowest BCUT2D eigenvalue weighted by atomic mass is 9.94. The van der Waals surface area contributed by atoms with Crippen molar-refractivity contribution < 1.29 is 0 Å². The summed E-state index contributed by atoms with van der Waals surface area (Å²) in [5.41, 5.74) is 19.8. The molecule has 0 aliphatic rings. The van der Waals surface area contributed by atoms with E-state index in [-0.39, 0.29) is 12.1 Å². The normalized spacial score (nSPS) is 14.7. The van der Waals surface area contributed by atoms with Crippen molar-refractivity contribution in [3.8, 4) is 0 Å². The van der Waals surface area contributed by atoms with Crippen LogP contribution in [0.1, 0.15) is 46.4 Å². The molecule has 4 rings (SSSR count). The number of rotatable bonds is 14. The van der Waals surface area contributed by atoms with Crippen molar-refractivity contribution in [1.29, 1.82) is 11.1 Å². The van der Waals surface area contributed by atoms with Crippen molar-refractivity contribution in [1.82, 2.24) is 4.90 Å². The molecule has 7 heteroatoms. The Balaban J connectivity index is 1.46. The fraction of sp³-hybridized carbons (Fsp3) is 0.212. The van der Waals surface area contributed by atoms with E-state index in [0.717, 1.165) is 22.3 Å². The summed E-state index contributed by atoms with van der Waals surface area (Å²) < 4.78 is 0. The van der Waals surface area contributed by atoms with Gasteiger partial charge in [0.15, 0.2) is 0 Å². The number of aliphatic imine (C=N–C) groups is 2. The van der Waals surface area contributed by atoms with Gasteiger partial charge in [-0.2, -0.15) is 10.2 Å². The lowest BCUT2D eigenvalue weighted by Gasteiger charge is -2.21. The van der Waals surface area contributed by atoms with Gasteiger partial charge in [-0.1, -0.05) is 121 Å². The lowest BCUT2D eigenvalue weighted by Crippen LogP contribution is -2.23. The van der Waals surface area contributed by atoms with Crippen molar-refractivity contribution >= 4 is 12.4 Å². The molecule has 0 saturated carbocycles. The molecule has 0 bridgehead atoms. The first-order valence-corrected chi connectivity index (χ1v) is 13.4. The van der Waals surface area contributed by atoms with Gasteiger partial charge in [0.25, 0.3) is 0 Å². The lowest BCUT2D eigenvalue weighted by molar-refractivity contribution is 0.439. The van der Waals surface area contributed by atoms with E-state index in [1.54, 1.807) is 0 Å². The second kappa shape index (κ2) is 15.1. The molecule has 7 nitrogen and oxygen atoms in total. The van der Waals surface area contributed by atoms with E-state index in [4.69, 9.17) is 21.0 Å². The minimum Gasteiger partial charge on any atom is -0.296 e. The number of benzene rings is 4. The highest BCUT2D eigenvalue weighted by Crippen LogP contribution is 2.36. The van der Waals surface area contributed by atoms with Crippen molar-refractivity contribution in [2.24, 2.45) is 20.2 Å². The Bertz CT molecular complexity index is 1250. The SMILES string of the molecule is CN(CC=NC(c1ccccc1)C(N=N)c1ccccc1)CC=NC(c1ccccc1)C(N=N)c1ccccc1. The summed E-state index contributed by atoms with van der Waals surface area (Å²) in [6.07, 6.45) is 3.79. The van der Waals surface area contributed by atoms with Crippen LogP contribution in [0.4, 0.5) is 0 Å². The summed E-state index contributed by atoms with van der Waals surface area (Å²) in [6.45, 7) is 1.21. The van der Waals surface area contributed by atoms with Crippen LogP contribution in [0.15, 0.2) is 142 Å². The van der Waals surface area contributed by atoms with Crippen LogP contribution < -0.4 is 0 Å². The summed E-state index contributed by atoms with van der Waals surface area (Å²) in [7, 11) is 2.01. The number of nitrogens with one attached hydrogen (secondary N) is 2.